The van der Waals surface area contributed by atoms with Crippen LogP contribution in [-0.2, 0) is 11.3 Å². The molecule has 116 valence electrons. The summed E-state index contributed by atoms with van der Waals surface area (Å²) in [5.74, 6) is 0. The Kier molecular flexibility index (Phi) is 4.55. The molecule has 3 rings (SSSR count). The zero-order valence-corrected chi connectivity index (χ0v) is 12.6. The van der Waals surface area contributed by atoms with Crippen LogP contribution >= 0.6 is 0 Å². The number of nitrogens with one attached hydrogen (secondary N) is 1. The van der Waals surface area contributed by atoms with Crippen molar-refractivity contribution in [2.24, 2.45) is 0 Å². The molecule has 1 aliphatic heterocycles. The number of likely N-dealkylation sites (N-methyl/N-ethyl adjacent to an activating group) is 1. The van der Waals surface area contributed by atoms with E-state index in [0.717, 1.165) is 31.9 Å². The van der Waals surface area contributed by atoms with Crippen molar-refractivity contribution < 1.29 is 4.74 Å². The molecule has 1 atom stereocenters. The van der Waals surface area contributed by atoms with Crippen LogP contribution in [0, 0.1) is 0 Å². The summed E-state index contributed by atoms with van der Waals surface area (Å²) in [6, 6.07) is 2.16. The molecule has 2 aliphatic rings. The Hall–Kier alpha value is -1.40. The summed E-state index contributed by atoms with van der Waals surface area (Å²) in [6.45, 7) is 6.26. The number of aromatic nitrogens is 2. The first kappa shape index (κ1) is 14.5. The van der Waals surface area contributed by atoms with E-state index in [-0.39, 0.29) is 11.7 Å². The molecule has 1 aromatic heterocycles. The summed E-state index contributed by atoms with van der Waals surface area (Å²) in [7, 11) is 0. The van der Waals surface area contributed by atoms with E-state index in [0.29, 0.717) is 12.6 Å². The molecule has 1 saturated carbocycles. The van der Waals surface area contributed by atoms with Gasteiger partial charge in [-0.1, -0.05) is 6.92 Å². The summed E-state index contributed by atoms with van der Waals surface area (Å²) in [4.78, 5) is 14.5. The van der Waals surface area contributed by atoms with Gasteiger partial charge in [0.15, 0.2) is 0 Å². The first-order valence-corrected chi connectivity index (χ1v) is 7.92. The molecule has 0 aromatic carbocycles. The van der Waals surface area contributed by atoms with Gasteiger partial charge >= 0.3 is 0 Å². The van der Waals surface area contributed by atoms with E-state index < -0.39 is 0 Å². The van der Waals surface area contributed by atoms with Crippen LogP contribution in [-0.4, -0.2) is 53.1 Å². The molecule has 1 aliphatic carbocycles. The topological polar surface area (TPSA) is 59.4 Å². The van der Waals surface area contributed by atoms with Crippen LogP contribution in [0.4, 0.5) is 5.69 Å². The highest BCUT2D eigenvalue weighted by atomic mass is 16.5. The number of ether oxygens (including phenoxy) is 1. The molecule has 21 heavy (non-hydrogen) atoms. The monoisotopic (exact) mass is 292 g/mol. The normalized spacial score (nSPS) is 23.8. The van der Waals surface area contributed by atoms with Crippen LogP contribution in [0.25, 0.3) is 0 Å². The Balaban J connectivity index is 1.61. The molecule has 2 fully saturated rings. The van der Waals surface area contributed by atoms with E-state index in [4.69, 9.17) is 4.74 Å². The molecule has 0 spiro atoms. The highest BCUT2D eigenvalue weighted by Gasteiger charge is 2.21. The third-order valence-corrected chi connectivity index (χ3v) is 4.39. The van der Waals surface area contributed by atoms with Gasteiger partial charge in [-0.25, -0.2) is 4.68 Å². The summed E-state index contributed by atoms with van der Waals surface area (Å²) in [5, 5.41) is 7.63. The Morgan fingerprint density at radius 2 is 2.33 bits per heavy atom. The molecular weight excluding hydrogens is 268 g/mol. The highest BCUT2D eigenvalue weighted by Crippen LogP contribution is 2.22. The molecular formula is C15H24N4O2. The third-order valence-electron chi connectivity index (χ3n) is 4.39. The van der Waals surface area contributed by atoms with Gasteiger partial charge in [0.05, 0.1) is 31.1 Å². The maximum absolute atomic E-state index is 12.1. The standard InChI is InChI=1S/C15H24N4O2/c1-2-18-6-7-21-14(10-18)11-19-15(20)8-13(9-16-19)17-12-4-3-5-12/h8-9,12,14,17H,2-7,10-11H2,1H3. The van der Waals surface area contributed by atoms with Crippen LogP contribution < -0.4 is 10.9 Å². The lowest BCUT2D eigenvalue weighted by Crippen LogP contribution is -2.45. The van der Waals surface area contributed by atoms with Gasteiger partial charge in [0, 0.05) is 25.2 Å². The van der Waals surface area contributed by atoms with Gasteiger partial charge in [0.1, 0.15) is 0 Å². The fourth-order valence-electron chi connectivity index (χ4n) is 2.81. The average Bonchev–Trinajstić information content (AvgIpc) is 2.46. The summed E-state index contributed by atoms with van der Waals surface area (Å²) >= 11 is 0. The van der Waals surface area contributed by atoms with Gasteiger partial charge in [0.2, 0.25) is 0 Å². The largest absolute Gasteiger partial charge is 0.381 e. The van der Waals surface area contributed by atoms with Crippen molar-refractivity contribution in [2.75, 3.05) is 31.6 Å². The average molecular weight is 292 g/mol. The van der Waals surface area contributed by atoms with Gasteiger partial charge in [-0.3, -0.25) is 9.69 Å². The van der Waals surface area contributed by atoms with Crippen LogP contribution in [0.1, 0.15) is 26.2 Å². The van der Waals surface area contributed by atoms with E-state index in [9.17, 15) is 4.79 Å². The van der Waals surface area contributed by atoms with Crippen molar-refractivity contribution in [3.8, 4) is 0 Å². The lowest BCUT2D eigenvalue weighted by molar-refractivity contribution is -0.0364. The molecule has 1 N–H and O–H groups in total. The van der Waals surface area contributed by atoms with Gasteiger partial charge in [0.25, 0.3) is 5.56 Å². The second kappa shape index (κ2) is 6.58. The summed E-state index contributed by atoms with van der Waals surface area (Å²) < 4.78 is 7.24. The zero-order valence-electron chi connectivity index (χ0n) is 12.6. The minimum absolute atomic E-state index is 0.0503. The van der Waals surface area contributed by atoms with Crippen molar-refractivity contribution in [1.29, 1.82) is 0 Å². The Morgan fingerprint density at radius 3 is 3.00 bits per heavy atom. The van der Waals surface area contributed by atoms with Gasteiger partial charge < -0.3 is 10.1 Å². The Bertz CT molecular complexity index is 527. The number of nitrogens with zero attached hydrogens (tertiary/aromatic N) is 3. The molecule has 6 heteroatoms. The van der Waals surface area contributed by atoms with Crippen molar-refractivity contribution in [3.05, 3.63) is 22.6 Å². The fourth-order valence-corrected chi connectivity index (χ4v) is 2.81. The number of hydrogen-bond acceptors (Lipinski definition) is 5. The lowest BCUT2D eigenvalue weighted by Gasteiger charge is -2.32. The van der Waals surface area contributed by atoms with Gasteiger partial charge in [-0.05, 0) is 25.8 Å². The Morgan fingerprint density at radius 1 is 1.48 bits per heavy atom. The lowest BCUT2D eigenvalue weighted by atomic mass is 9.93. The molecule has 0 bridgehead atoms. The Labute approximate surface area is 125 Å². The van der Waals surface area contributed by atoms with Crippen LogP contribution in [0.2, 0.25) is 0 Å². The molecule has 6 nitrogen and oxygen atoms in total. The van der Waals surface area contributed by atoms with Crippen LogP contribution in [0.5, 0.6) is 0 Å². The van der Waals surface area contributed by atoms with Gasteiger partial charge in [-0.15, -0.1) is 0 Å². The number of morpholine rings is 1. The number of hydrogen-bond donors (Lipinski definition) is 1. The van der Waals surface area contributed by atoms with Gasteiger partial charge in [-0.2, -0.15) is 5.10 Å². The molecule has 2 heterocycles. The van der Waals surface area contributed by atoms with Crippen molar-refractivity contribution in [1.82, 2.24) is 14.7 Å². The molecule has 1 unspecified atom stereocenters. The molecule has 0 amide bonds. The minimum atomic E-state index is -0.0588. The van der Waals surface area contributed by atoms with E-state index in [1.165, 1.54) is 23.9 Å². The molecule has 1 aromatic rings. The fraction of sp³-hybridized carbons (Fsp3) is 0.733. The quantitative estimate of drug-likeness (QED) is 0.875. The second-order valence-electron chi connectivity index (χ2n) is 5.92. The highest BCUT2D eigenvalue weighted by molar-refractivity contribution is 5.40. The number of anilines is 1. The minimum Gasteiger partial charge on any atom is -0.381 e. The molecule has 1 saturated heterocycles. The third kappa shape index (κ3) is 3.63. The maximum Gasteiger partial charge on any atom is 0.268 e. The first-order chi connectivity index (χ1) is 10.2. The van der Waals surface area contributed by atoms with Crippen molar-refractivity contribution in [3.63, 3.8) is 0 Å². The first-order valence-electron chi connectivity index (χ1n) is 7.92. The molecule has 0 radical (unpaired) electrons. The number of rotatable bonds is 5. The van der Waals surface area contributed by atoms with Crippen molar-refractivity contribution in [2.45, 2.75) is 44.9 Å². The van der Waals surface area contributed by atoms with E-state index in [1.807, 2.05) is 0 Å². The summed E-state index contributed by atoms with van der Waals surface area (Å²) in [6.07, 6.45) is 5.45. The van der Waals surface area contributed by atoms with E-state index in [2.05, 4.69) is 22.2 Å². The smallest absolute Gasteiger partial charge is 0.268 e. The van der Waals surface area contributed by atoms with E-state index >= 15 is 0 Å². The predicted octanol–water partition coefficient (Wildman–Crippen LogP) is 0.928. The van der Waals surface area contributed by atoms with E-state index in [1.54, 1.807) is 12.3 Å². The SMILES string of the molecule is CCN1CCOC(Cn2ncc(NC3CCC3)cc2=O)C1. The maximum atomic E-state index is 12.1. The second-order valence-corrected chi connectivity index (χ2v) is 5.92. The predicted molar refractivity (Wildman–Crippen MR) is 81.6 cm³/mol. The van der Waals surface area contributed by atoms with Crippen LogP contribution in [0.3, 0.4) is 0 Å². The van der Waals surface area contributed by atoms with Crippen molar-refractivity contribution >= 4 is 5.69 Å². The summed E-state index contributed by atoms with van der Waals surface area (Å²) in [5.41, 5.74) is 0.775. The van der Waals surface area contributed by atoms with Crippen LogP contribution in [0.15, 0.2) is 17.1 Å². The zero-order chi connectivity index (χ0) is 14.7.